The molecule has 0 radical (unpaired) electrons. The first kappa shape index (κ1) is 11.0. The Morgan fingerprint density at radius 3 is 2.75 bits per heavy atom. The number of benzene rings is 1. The fourth-order valence-electron chi connectivity index (χ4n) is 1.75. The van der Waals surface area contributed by atoms with Gasteiger partial charge >= 0.3 is 0 Å². The Hall–Kier alpha value is -1.51. The van der Waals surface area contributed by atoms with Gasteiger partial charge in [0.1, 0.15) is 5.84 Å². The van der Waals surface area contributed by atoms with E-state index in [1.54, 1.807) is 0 Å². The van der Waals surface area contributed by atoms with Crippen molar-refractivity contribution in [3.05, 3.63) is 29.8 Å². The summed E-state index contributed by atoms with van der Waals surface area (Å²) in [5.74, 6) is 1.03. The molecule has 0 atom stereocenters. The standard InChI is InChI=1S/C13H19N3/c1-2-3-8-14-12-6-4-11(5-7-12)13-15-9-10-16-13/h4-7,14H,2-3,8-10H2,1H3,(H,15,16). The molecule has 1 aromatic carbocycles. The highest BCUT2D eigenvalue weighted by molar-refractivity contribution is 5.99. The number of amidine groups is 1. The molecule has 0 fully saturated rings. The number of nitrogens with zero attached hydrogens (tertiary/aromatic N) is 1. The van der Waals surface area contributed by atoms with Crippen LogP contribution in [0.15, 0.2) is 29.3 Å². The maximum absolute atomic E-state index is 4.40. The Labute approximate surface area is 97.0 Å². The average molecular weight is 217 g/mol. The molecule has 1 aliphatic heterocycles. The molecule has 2 rings (SSSR count). The molecular formula is C13H19N3. The monoisotopic (exact) mass is 217 g/mol. The van der Waals surface area contributed by atoms with E-state index in [0.717, 1.165) is 25.5 Å². The van der Waals surface area contributed by atoms with Crippen molar-refractivity contribution in [2.24, 2.45) is 4.99 Å². The predicted molar refractivity (Wildman–Crippen MR) is 69.2 cm³/mol. The van der Waals surface area contributed by atoms with Crippen LogP contribution in [0.4, 0.5) is 5.69 Å². The molecule has 3 nitrogen and oxygen atoms in total. The minimum Gasteiger partial charge on any atom is -0.385 e. The van der Waals surface area contributed by atoms with Crippen LogP contribution in [0.5, 0.6) is 0 Å². The first-order valence-corrected chi connectivity index (χ1v) is 6.03. The van der Waals surface area contributed by atoms with Gasteiger partial charge in [-0.25, -0.2) is 0 Å². The van der Waals surface area contributed by atoms with Crippen LogP contribution in [0.2, 0.25) is 0 Å². The Balaban J connectivity index is 1.93. The van der Waals surface area contributed by atoms with Crippen LogP contribution in [-0.4, -0.2) is 25.5 Å². The first-order valence-electron chi connectivity index (χ1n) is 6.03. The zero-order valence-electron chi connectivity index (χ0n) is 9.79. The largest absolute Gasteiger partial charge is 0.385 e. The minimum absolute atomic E-state index is 0.895. The van der Waals surface area contributed by atoms with Crippen LogP contribution in [0.3, 0.4) is 0 Å². The number of nitrogens with one attached hydrogen (secondary N) is 2. The van der Waals surface area contributed by atoms with Crippen molar-refractivity contribution in [2.45, 2.75) is 19.8 Å². The van der Waals surface area contributed by atoms with Crippen LogP contribution in [0.25, 0.3) is 0 Å². The van der Waals surface area contributed by atoms with Crippen molar-refractivity contribution in [3.8, 4) is 0 Å². The molecule has 2 N–H and O–H groups in total. The van der Waals surface area contributed by atoms with E-state index in [0.29, 0.717) is 0 Å². The second-order valence-electron chi connectivity index (χ2n) is 4.01. The number of anilines is 1. The Kier molecular flexibility index (Phi) is 3.81. The number of rotatable bonds is 5. The minimum atomic E-state index is 0.895. The van der Waals surface area contributed by atoms with Crippen LogP contribution < -0.4 is 10.6 Å². The van der Waals surface area contributed by atoms with Crippen LogP contribution in [0.1, 0.15) is 25.3 Å². The van der Waals surface area contributed by atoms with Crippen molar-refractivity contribution >= 4 is 11.5 Å². The van der Waals surface area contributed by atoms with Gasteiger partial charge in [0.25, 0.3) is 0 Å². The molecule has 1 aromatic rings. The van der Waals surface area contributed by atoms with Gasteiger partial charge in [0, 0.05) is 24.3 Å². The van der Waals surface area contributed by atoms with E-state index in [2.05, 4.69) is 46.8 Å². The maximum atomic E-state index is 4.40. The van der Waals surface area contributed by atoms with Crippen LogP contribution >= 0.6 is 0 Å². The van der Waals surface area contributed by atoms with E-state index in [9.17, 15) is 0 Å². The summed E-state index contributed by atoms with van der Waals surface area (Å²) in [5.41, 5.74) is 2.37. The van der Waals surface area contributed by atoms with Crippen LogP contribution in [0, 0.1) is 0 Å². The molecule has 0 unspecified atom stereocenters. The predicted octanol–water partition coefficient (Wildman–Crippen LogP) is 2.25. The second-order valence-corrected chi connectivity index (χ2v) is 4.01. The molecule has 0 spiro atoms. The molecule has 3 heteroatoms. The van der Waals surface area contributed by atoms with Crippen molar-refractivity contribution in [2.75, 3.05) is 25.0 Å². The summed E-state index contributed by atoms with van der Waals surface area (Å²) >= 11 is 0. The van der Waals surface area contributed by atoms with Gasteiger partial charge in [-0.3, -0.25) is 4.99 Å². The molecule has 0 saturated heterocycles. The molecule has 86 valence electrons. The summed E-state index contributed by atoms with van der Waals surface area (Å²) in [6, 6.07) is 8.47. The number of aliphatic imine (C=N–C) groups is 1. The zero-order valence-corrected chi connectivity index (χ0v) is 9.79. The molecule has 0 saturated carbocycles. The third-order valence-corrected chi connectivity index (χ3v) is 2.69. The summed E-state index contributed by atoms with van der Waals surface area (Å²) in [6.45, 7) is 5.11. The van der Waals surface area contributed by atoms with Crippen molar-refractivity contribution in [1.82, 2.24) is 5.32 Å². The van der Waals surface area contributed by atoms with E-state index < -0.39 is 0 Å². The molecule has 0 amide bonds. The summed E-state index contributed by atoms with van der Waals surface area (Å²) in [7, 11) is 0. The summed E-state index contributed by atoms with van der Waals surface area (Å²) in [6.07, 6.45) is 2.45. The highest BCUT2D eigenvalue weighted by Crippen LogP contribution is 2.11. The quantitative estimate of drug-likeness (QED) is 0.742. The highest BCUT2D eigenvalue weighted by Gasteiger charge is 2.06. The smallest absolute Gasteiger partial charge is 0.128 e. The topological polar surface area (TPSA) is 36.4 Å². The summed E-state index contributed by atoms with van der Waals surface area (Å²) < 4.78 is 0. The summed E-state index contributed by atoms with van der Waals surface area (Å²) in [5, 5.41) is 6.68. The second kappa shape index (κ2) is 5.54. The van der Waals surface area contributed by atoms with E-state index in [4.69, 9.17) is 0 Å². The number of unbranched alkanes of at least 4 members (excludes halogenated alkanes) is 1. The molecule has 0 bridgehead atoms. The van der Waals surface area contributed by atoms with E-state index in [1.165, 1.54) is 24.1 Å². The number of hydrogen-bond acceptors (Lipinski definition) is 3. The molecule has 0 aromatic heterocycles. The van der Waals surface area contributed by atoms with Gasteiger partial charge in [0.15, 0.2) is 0 Å². The third-order valence-electron chi connectivity index (χ3n) is 2.69. The van der Waals surface area contributed by atoms with Gasteiger partial charge in [-0.15, -0.1) is 0 Å². The fraction of sp³-hybridized carbons (Fsp3) is 0.462. The highest BCUT2D eigenvalue weighted by atomic mass is 15.1. The first-order chi connectivity index (χ1) is 7.90. The third kappa shape index (κ3) is 2.75. The van der Waals surface area contributed by atoms with Gasteiger partial charge < -0.3 is 10.6 Å². The number of hydrogen-bond donors (Lipinski definition) is 2. The molecular weight excluding hydrogens is 198 g/mol. The van der Waals surface area contributed by atoms with Crippen LogP contribution in [-0.2, 0) is 0 Å². The van der Waals surface area contributed by atoms with E-state index >= 15 is 0 Å². The molecule has 1 heterocycles. The SMILES string of the molecule is CCCCNc1ccc(C2=NCCN2)cc1. The molecule has 16 heavy (non-hydrogen) atoms. The Morgan fingerprint density at radius 1 is 1.31 bits per heavy atom. The lowest BCUT2D eigenvalue weighted by Gasteiger charge is -2.07. The Morgan fingerprint density at radius 2 is 2.12 bits per heavy atom. The summed E-state index contributed by atoms with van der Waals surface area (Å²) in [4.78, 5) is 4.40. The lowest BCUT2D eigenvalue weighted by Crippen LogP contribution is -2.19. The molecule has 0 aliphatic carbocycles. The van der Waals surface area contributed by atoms with Gasteiger partial charge in [0.2, 0.25) is 0 Å². The van der Waals surface area contributed by atoms with Crippen molar-refractivity contribution in [1.29, 1.82) is 0 Å². The lowest BCUT2D eigenvalue weighted by atomic mass is 10.2. The Bertz CT molecular complexity index is 354. The van der Waals surface area contributed by atoms with E-state index in [-0.39, 0.29) is 0 Å². The van der Waals surface area contributed by atoms with Gasteiger partial charge in [-0.2, -0.15) is 0 Å². The zero-order chi connectivity index (χ0) is 11.2. The van der Waals surface area contributed by atoms with E-state index in [1.807, 2.05) is 0 Å². The molecule has 1 aliphatic rings. The lowest BCUT2D eigenvalue weighted by molar-refractivity contribution is 0.834. The fourth-order valence-corrected chi connectivity index (χ4v) is 1.75. The van der Waals surface area contributed by atoms with Gasteiger partial charge in [0.05, 0.1) is 6.54 Å². The van der Waals surface area contributed by atoms with Crippen molar-refractivity contribution in [3.63, 3.8) is 0 Å². The normalized spacial score (nSPS) is 14.4. The van der Waals surface area contributed by atoms with Crippen molar-refractivity contribution < 1.29 is 0 Å². The van der Waals surface area contributed by atoms with Gasteiger partial charge in [-0.1, -0.05) is 13.3 Å². The maximum Gasteiger partial charge on any atom is 0.128 e. The van der Waals surface area contributed by atoms with Gasteiger partial charge in [-0.05, 0) is 30.7 Å². The average Bonchev–Trinajstić information content (AvgIpc) is 2.84.